The fourth-order valence-electron chi connectivity index (χ4n) is 1.01. The minimum atomic E-state index is 0.589. The summed E-state index contributed by atoms with van der Waals surface area (Å²) in [5.74, 6) is 7.96. The Labute approximate surface area is 59.0 Å². The topological polar surface area (TPSA) is 56.7 Å². The molecular formula is C6H10N4. The van der Waals surface area contributed by atoms with Crippen molar-refractivity contribution in [3.8, 4) is 0 Å². The van der Waals surface area contributed by atoms with Gasteiger partial charge < -0.3 is 5.84 Å². The van der Waals surface area contributed by atoms with Crippen molar-refractivity contribution in [3.05, 3.63) is 11.6 Å². The number of rotatable bonds is 1. The lowest BCUT2D eigenvalue weighted by Gasteiger charge is -1.96. The van der Waals surface area contributed by atoms with Crippen LogP contribution in [-0.2, 0) is 0 Å². The highest BCUT2D eigenvalue weighted by Crippen LogP contribution is 2.38. The van der Waals surface area contributed by atoms with E-state index in [0.717, 1.165) is 11.6 Å². The summed E-state index contributed by atoms with van der Waals surface area (Å²) in [6, 6.07) is 0. The Morgan fingerprint density at radius 3 is 2.60 bits per heavy atom. The van der Waals surface area contributed by atoms with Gasteiger partial charge in [0.2, 0.25) is 0 Å². The average Bonchev–Trinajstić information content (AvgIpc) is 2.67. The normalized spacial score (nSPS) is 17.7. The molecule has 1 aromatic heterocycles. The van der Waals surface area contributed by atoms with Crippen LogP contribution in [0.1, 0.15) is 30.4 Å². The van der Waals surface area contributed by atoms with Crippen LogP contribution in [0, 0.1) is 6.92 Å². The van der Waals surface area contributed by atoms with Crippen LogP contribution in [0.15, 0.2) is 0 Å². The van der Waals surface area contributed by atoms with Crippen molar-refractivity contribution < 1.29 is 0 Å². The summed E-state index contributed by atoms with van der Waals surface area (Å²) in [5.41, 5.74) is 0. The molecule has 0 amide bonds. The number of aromatic nitrogens is 3. The van der Waals surface area contributed by atoms with Gasteiger partial charge in [-0.25, -0.2) is 4.68 Å². The van der Waals surface area contributed by atoms with Gasteiger partial charge in [0.05, 0.1) is 0 Å². The SMILES string of the molecule is Cc1nnc(C2CC2)n1N. The average molecular weight is 138 g/mol. The molecule has 0 saturated heterocycles. The molecule has 0 bridgehead atoms. The van der Waals surface area contributed by atoms with E-state index in [2.05, 4.69) is 10.2 Å². The maximum Gasteiger partial charge on any atom is 0.154 e. The molecule has 0 aromatic carbocycles. The van der Waals surface area contributed by atoms with Gasteiger partial charge in [-0.15, -0.1) is 10.2 Å². The quantitative estimate of drug-likeness (QED) is 0.563. The third-order valence-electron chi connectivity index (χ3n) is 1.84. The van der Waals surface area contributed by atoms with E-state index in [1.807, 2.05) is 6.92 Å². The van der Waals surface area contributed by atoms with E-state index in [1.165, 1.54) is 12.8 Å². The molecule has 0 aliphatic heterocycles. The Hall–Kier alpha value is -1.06. The third kappa shape index (κ3) is 0.683. The molecule has 1 fully saturated rings. The third-order valence-corrected chi connectivity index (χ3v) is 1.84. The summed E-state index contributed by atoms with van der Waals surface area (Å²) in [6.45, 7) is 1.86. The number of nitrogen functional groups attached to an aromatic ring is 1. The Morgan fingerprint density at radius 2 is 2.20 bits per heavy atom. The minimum absolute atomic E-state index is 0.589. The van der Waals surface area contributed by atoms with E-state index in [1.54, 1.807) is 4.68 Å². The van der Waals surface area contributed by atoms with E-state index in [4.69, 9.17) is 5.84 Å². The van der Waals surface area contributed by atoms with Gasteiger partial charge in [-0.1, -0.05) is 0 Å². The van der Waals surface area contributed by atoms with Crippen LogP contribution in [0.4, 0.5) is 0 Å². The first-order valence-corrected chi connectivity index (χ1v) is 3.46. The van der Waals surface area contributed by atoms with Crippen molar-refractivity contribution in [2.45, 2.75) is 25.7 Å². The van der Waals surface area contributed by atoms with Gasteiger partial charge in [0.1, 0.15) is 5.82 Å². The zero-order valence-corrected chi connectivity index (χ0v) is 5.91. The molecule has 0 radical (unpaired) electrons. The Morgan fingerprint density at radius 1 is 1.50 bits per heavy atom. The molecule has 0 atom stereocenters. The molecule has 4 nitrogen and oxygen atoms in total. The summed E-state index contributed by atoms with van der Waals surface area (Å²) in [6.07, 6.45) is 2.44. The van der Waals surface area contributed by atoms with E-state index in [9.17, 15) is 0 Å². The Balaban J connectivity index is 2.40. The smallest absolute Gasteiger partial charge is 0.154 e. The second-order valence-electron chi connectivity index (χ2n) is 2.75. The first-order chi connectivity index (χ1) is 4.79. The number of hydrogen-bond acceptors (Lipinski definition) is 3. The summed E-state index contributed by atoms with van der Waals surface area (Å²) in [7, 11) is 0. The fraction of sp³-hybridized carbons (Fsp3) is 0.667. The zero-order chi connectivity index (χ0) is 7.14. The summed E-state index contributed by atoms with van der Waals surface area (Å²) < 4.78 is 1.58. The van der Waals surface area contributed by atoms with E-state index < -0.39 is 0 Å². The van der Waals surface area contributed by atoms with Crippen LogP contribution in [0.2, 0.25) is 0 Å². The van der Waals surface area contributed by atoms with Crippen LogP contribution >= 0.6 is 0 Å². The van der Waals surface area contributed by atoms with E-state index in [0.29, 0.717) is 5.92 Å². The molecule has 1 aliphatic rings. The monoisotopic (exact) mass is 138 g/mol. The van der Waals surface area contributed by atoms with Gasteiger partial charge in [0.25, 0.3) is 0 Å². The van der Waals surface area contributed by atoms with Crippen molar-refractivity contribution in [2.75, 3.05) is 5.84 Å². The number of aryl methyl sites for hydroxylation is 1. The second kappa shape index (κ2) is 1.71. The molecule has 4 heteroatoms. The number of nitrogens with two attached hydrogens (primary N) is 1. The van der Waals surface area contributed by atoms with Gasteiger partial charge in [0, 0.05) is 5.92 Å². The molecule has 10 heavy (non-hydrogen) atoms. The Kier molecular flexibility index (Phi) is 0.977. The van der Waals surface area contributed by atoms with Gasteiger partial charge in [-0.2, -0.15) is 0 Å². The molecule has 2 rings (SSSR count). The summed E-state index contributed by atoms with van der Waals surface area (Å²) >= 11 is 0. The van der Waals surface area contributed by atoms with Crippen LogP contribution in [0.5, 0.6) is 0 Å². The maximum atomic E-state index is 5.64. The lowest BCUT2D eigenvalue weighted by atomic mass is 10.4. The number of nitrogens with zero attached hydrogens (tertiary/aromatic N) is 3. The predicted octanol–water partition coefficient (Wildman–Crippen LogP) is 0.178. The van der Waals surface area contributed by atoms with Crippen molar-refractivity contribution in [1.82, 2.24) is 14.9 Å². The van der Waals surface area contributed by atoms with E-state index >= 15 is 0 Å². The van der Waals surface area contributed by atoms with Crippen LogP contribution in [0.25, 0.3) is 0 Å². The molecule has 1 aliphatic carbocycles. The summed E-state index contributed by atoms with van der Waals surface area (Å²) in [4.78, 5) is 0. The highest BCUT2D eigenvalue weighted by atomic mass is 15.4. The standard InChI is InChI=1S/C6H10N4/c1-4-8-9-6(10(4)7)5-2-3-5/h5H,2-3,7H2,1H3. The molecular weight excluding hydrogens is 128 g/mol. The molecule has 54 valence electrons. The largest absolute Gasteiger partial charge is 0.336 e. The first-order valence-electron chi connectivity index (χ1n) is 3.46. The summed E-state index contributed by atoms with van der Waals surface area (Å²) in [5, 5.41) is 7.83. The van der Waals surface area contributed by atoms with Crippen molar-refractivity contribution >= 4 is 0 Å². The van der Waals surface area contributed by atoms with E-state index in [-0.39, 0.29) is 0 Å². The molecule has 0 spiro atoms. The highest BCUT2D eigenvalue weighted by Gasteiger charge is 2.28. The van der Waals surface area contributed by atoms with Gasteiger partial charge in [0.15, 0.2) is 5.82 Å². The van der Waals surface area contributed by atoms with Crippen molar-refractivity contribution in [2.24, 2.45) is 0 Å². The van der Waals surface area contributed by atoms with Gasteiger partial charge in [-0.3, -0.25) is 0 Å². The van der Waals surface area contributed by atoms with Crippen molar-refractivity contribution in [3.63, 3.8) is 0 Å². The lowest BCUT2D eigenvalue weighted by Crippen LogP contribution is -2.13. The first kappa shape index (κ1) is 5.70. The van der Waals surface area contributed by atoms with Crippen LogP contribution in [-0.4, -0.2) is 14.9 Å². The second-order valence-corrected chi connectivity index (χ2v) is 2.75. The number of hydrogen-bond donors (Lipinski definition) is 1. The molecule has 0 unspecified atom stereocenters. The lowest BCUT2D eigenvalue weighted by molar-refractivity contribution is 0.828. The molecule has 2 N–H and O–H groups in total. The molecule has 1 saturated carbocycles. The molecule has 1 aromatic rings. The highest BCUT2D eigenvalue weighted by molar-refractivity contribution is 5.07. The molecule has 1 heterocycles. The zero-order valence-electron chi connectivity index (χ0n) is 5.91. The fourth-order valence-corrected chi connectivity index (χ4v) is 1.01. The van der Waals surface area contributed by atoms with Crippen LogP contribution in [0.3, 0.4) is 0 Å². The Bertz CT molecular complexity index is 248. The maximum absolute atomic E-state index is 5.64. The minimum Gasteiger partial charge on any atom is -0.336 e. The predicted molar refractivity (Wildman–Crippen MR) is 36.9 cm³/mol. The van der Waals surface area contributed by atoms with Gasteiger partial charge >= 0.3 is 0 Å². The van der Waals surface area contributed by atoms with Crippen molar-refractivity contribution in [1.29, 1.82) is 0 Å². The van der Waals surface area contributed by atoms with Gasteiger partial charge in [-0.05, 0) is 19.8 Å². The van der Waals surface area contributed by atoms with Crippen LogP contribution < -0.4 is 5.84 Å².